The number of nitrogens with one attached hydrogen (secondary N) is 1. The van der Waals surface area contributed by atoms with Gasteiger partial charge in [0.05, 0.1) is 20.4 Å². The summed E-state index contributed by atoms with van der Waals surface area (Å²) in [6.07, 6.45) is 0. The lowest BCUT2D eigenvalue weighted by atomic mass is 10.1. The number of benzene rings is 1. The van der Waals surface area contributed by atoms with E-state index >= 15 is 0 Å². The van der Waals surface area contributed by atoms with Crippen molar-refractivity contribution in [2.75, 3.05) is 5.32 Å². The van der Waals surface area contributed by atoms with Crippen LogP contribution in [0.25, 0.3) is 0 Å². The monoisotopic (exact) mass is 307 g/mol. The summed E-state index contributed by atoms with van der Waals surface area (Å²) in [5.41, 5.74) is 1.01. The maximum absolute atomic E-state index is 13.5. The van der Waals surface area contributed by atoms with Crippen molar-refractivity contribution in [1.29, 1.82) is 0 Å². The molecule has 0 radical (unpaired) electrons. The molecule has 1 nitrogen and oxygen atoms in total. The normalized spacial score (nSPS) is 12.5. The average molecular weight is 308 g/mol. The van der Waals surface area contributed by atoms with Gasteiger partial charge in [0.2, 0.25) is 0 Å². The Kier molecular flexibility index (Phi) is 4.10. The number of thiophene rings is 1. The van der Waals surface area contributed by atoms with Crippen LogP contribution in [0.1, 0.15) is 18.5 Å². The molecule has 96 valence electrons. The number of hydrogen-bond donors (Lipinski definition) is 1. The van der Waals surface area contributed by atoms with Crippen molar-refractivity contribution in [2.45, 2.75) is 13.0 Å². The van der Waals surface area contributed by atoms with Gasteiger partial charge in [0.25, 0.3) is 0 Å². The van der Waals surface area contributed by atoms with E-state index in [2.05, 4.69) is 5.32 Å². The van der Waals surface area contributed by atoms with Crippen LogP contribution >= 0.6 is 34.5 Å². The standard InChI is InChI=1S/C12H9Cl2F2NS/c1-6(8-5-11(13)18-12(8)14)17-10-3-2-7(15)4-9(10)16/h2-6,17H,1H3. The van der Waals surface area contributed by atoms with Gasteiger partial charge in [-0.15, -0.1) is 11.3 Å². The van der Waals surface area contributed by atoms with Gasteiger partial charge in [-0.2, -0.15) is 0 Å². The molecule has 1 aromatic heterocycles. The summed E-state index contributed by atoms with van der Waals surface area (Å²) in [4.78, 5) is 0. The molecular weight excluding hydrogens is 299 g/mol. The summed E-state index contributed by atoms with van der Waals surface area (Å²) in [5.74, 6) is -1.25. The quantitative estimate of drug-likeness (QED) is 0.788. The van der Waals surface area contributed by atoms with Crippen molar-refractivity contribution in [3.63, 3.8) is 0 Å². The highest BCUT2D eigenvalue weighted by Crippen LogP contribution is 2.36. The van der Waals surface area contributed by atoms with Crippen LogP contribution < -0.4 is 5.32 Å². The zero-order valence-electron chi connectivity index (χ0n) is 9.31. The highest BCUT2D eigenvalue weighted by atomic mass is 35.5. The summed E-state index contributed by atoms with van der Waals surface area (Å²) in [6.45, 7) is 1.83. The third-order valence-corrected chi connectivity index (χ3v) is 3.97. The zero-order valence-corrected chi connectivity index (χ0v) is 11.6. The van der Waals surface area contributed by atoms with Gasteiger partial charge in [0.1, 0.15) is 11.6 Å². The Morgan fingerprint density at radius 3 is 2.50 bits per heavy atom. The minimum absolute atomic E-state index is 0.221. The first-order valence-corrected chi connectivity index (χ1v) is 6.71. The van der Waals surface area contributed by atoms with Crippen LogP contribution in [0, 0.1) is 11.6 Å². The van der Waals surface area contributed by atoms with Crippen molar-refractivity contribution < 1.29 is 8.78 Å². The van der Waals surface area contributed by atoms with Crippen molar-refractivity contribution >= 4 is 40.2 Å². The van der Waals surface area contributed by atoms with Crippen LogP contribution in [0.2, 0.25) is 8.67 Å². The molecule has 0 aliphatic rings. The fourth-order valence-corrected chi connectivity index (χ4v) is 3.21. The Morgan fingerprint density at radius 1 is 1.22 bits per heavy atom. The van der Waals surface area contributed by atoms with E-state index in [4.69, 9.17) is 23.2 Å². The molecule has 1 N–H and O–H groups in total. The van der Waals surface area contributed by atoms with Crippen LogP contribution in [0.3, 0.4) is 0 Å². The third kappa shape index (κ3) is 2.94. The molecule has 2 rings (SSSR count). The second-order valence-electron chi connectivity index (χ2n) is 3.77. The molecule has 0 aliphatic heterocycles. The average Bonchev–Trinajstić information content (AvgIpc) is 2.62. The van der Waals surface area contributed by atoms with Gasteiger partial charge in [-0.3, -0.25) is 0 Å². The number of hydrogen-bond acceptors (Lipinski definition) is 2. The second kappa shape index (κ2) is 5.43. The maximum Gasteiger partial charge on any atom is 0.149 e. The predicted molar refractivity (Wildman–Crippen MR) is 72.7 cm³/mol. The number of anilines is 1. The van der Waals surface area contributed by atoms with E-state index in [0.717, 1.165) is 11.6 Å². The van der Waals surface area contributed by atoms with Gasteiger partial charge in [-0.1, -0.05) is 23.2 Å². The van der Waals surface area contributed by atoms with E-state index in [9.17, 15) is 8.78 Å². The first-order chi connectivity index (χ1) is 8.47. The van der Waals surface area contributed by atoms with E-state index in [-0.39, 0.29) is 11.7 Å². The molecule has 0 bridgehead atoms. The van der Waals surface area contributed by atoms with Crippen LogP contribution in [-0.2, 0) is 0 Å². The summed E-state index contributed by atoms with van der Waals surface area (Å²) in [6, 6.07) is 4.88. The topological polar surface area (TPSA) is 12.0 Å². The first kappa shape index (κ1) is 13.6. The molecule has 0 saturated heterocycles. The SMILES string of the molecule is CC(Nc1ccc(F)cc1F)c1cc(Cl)sc1Cl. The molecule has 1 atom stereocenters. The van der Waals surface area contributed by atoms with Crippen molar-refractivity contribution in [1.82, 2.24) is 0 Å². The van der Waals surface area contributed by atoms with E-state index < -0.39 is 11.6 Å². The summed E-state index contributed by atoms with van der Waals surface area (Å²) in [7, 11) is 0. The molecule has 18 heavy (non-hydrogen) atoms. The Hall–Kier alpha value is -0.840. The summed E-state index contributed by atoms with van der Waals surface area (Å²) < 4.78 is 27.4. The molecule has 1 heterocycles. The molecule has 1 unspecified atom stereocenters. The van der Waals surface area contributed by atoms with Crippen LogP contribution in [0.5, 0.6) is 0 Å². The van der Waals surface area contributed by atoms with E-state index in [1.54, 1.807) is 6.07 Å². The molecular formula is C12H9Cl2F2NS. The molecule has 0 fully saturated rings. The van der Waals surface area contributed by atoms with Crippen molar-refractivity contribution in [3.05, 3.63) is 50.1 Å². The van der Waals surface area contributed by atoms with Crippen molar-refractivity contribution in [2.24, 2.45) is 0 Å². The third-order valence-electron chi connectivity index (χ3n) is 2.45. The first-order valence-electron chi connectivity index (χ1n) is 5.13. The second-order valence-corrected chi connectivity index (χ2v) is 6.06. The van der Waals surface area contributed by atoms with Gasteiger partial charge in [-0.25, -0.2) is 8.78 Å². The molecule has 2 aromatic rings. The summed E-state index contributed by atoms with van der Waals surface area (Å²) in [5, 5.41) is 2.93. The fraction of sp³-hybridized carbons (Fsp3) is 0.167. The lowest BCUT2D eigenvalue weighted by Gasteiger charge is -2.15. The van der Waals surface area contributed by atoms with Crippen LogP contribution in [0.15, 0.2) is 24.3 Å². The fourth-order valence-electron chi connectivity index (χ4n) is 1.57. The minimum atomic E-state index is -0.640. The van der Waals surface area contributed by atoms with Gasteiger partial charge < -0.3 is 5.32 Å². The minimum Gasteiger partial charge on any atom is -0.376 e. The van der Waals surface area contributed by atoms with Gasteiger partial charge in [0, 0.05) is 11.6 Å². The predicted octanol–water partition coefficient (Wildman–Crippen LogP) is 5.51. The molecule has 0 aliphatic carbocycles. The Balaban J connectivity index is 2.21. The smallest absolute Gasteiger partial charge is 0.149 e. The summed E-state index contributed by atoms with van der Waals surface area (Å²) >= 11 is 13.1. The van der Waals surface area contributed by atoms with Crippen LogP contribution in [-0.4, -0.2) is 0 Å². The Labute approximate surface area is 117 Å². The molecule has 0 saturated carbocycles. The van der Waals surface area contributed by atoms with Gasteiger partial charge in [-0.05, 0) is 25.1 Å². The van der Waals surface area contributed by atoms with E-state index in [1.807, 2.05) is 6.92 Å². The molecule has 1 aromatic carbocycles. The lowest BCUT2D eigenvalue weighted by molar-refractivity contribution is 0.584. The Morgan fingerprint density at radius 2 is 1.94 bits per heavy atom. The zero-order chi connectivity index (χ0) is 13.3. The van der Waals surface area contributed by atoms with Crippen molar-refractivity contribution in [3.8, 4) is 0 Å². The van der Waals surface area contributed by atoms with Gasteiger partial charge in [0.15, 0.2) is 0 Å². The number of rotatable bonds is 3. The highest BCUT2D eigenvalue weighted by molar-refractivity contribution is 7.20. The highest BCUT2D eigenvalue weighted by Gasteiger charge is 2.14. The maximum atomic E-state index is 13.5. The number of halogens is 4. The molecule has 0 amide bonds. The van der Waals surface area contributed by atoms with Crippen LogP contribution in [0.4, 0.5) is 14.5 Å². The van der Waals surface area contributed by atoms with E-state index in [1.165, 1.54) is 23.5 Å². The Bertz CT molecular complexity index is 571. The van der Waals surface area contributed by atoms with E-state index in [0.29, 0.717) is 8.67 Å². The largest absolute Gasteiger partial charge is 0.376 e. The lowest BCUT2D eigenvalue weighted by Crippen LogP contribution is -2.07. The molecule has 0 spiro atoms. The van der Waals surface area contributed by atoms with Gasteiger partial charge >= 0.3 is 0 Å². The molecule has 6 heteroatoms.